The zero-order valence-corrected chi connectivity index (χ0v) is 15.7. The van der Waals surface area contributed by atoms with E-state index in [0.29, 0.717) is 18.3 Å². The van der Waals surface area contributed by atoms with Gasteiger partial charge in [-0.1, -0.05) is 13.8 Å². The van der Waals surface area contributed by atoms with E-state index in [9.17, 15) is 4.79 Å². The average Bonchev–Trinajstić information content (AvgIpc) is 2.60. The molecule has 5 nitrogen and oxygen atoms in total. The van der Waals surface area contributed by atoms with Crippen molar-refractivity contribution in [3.05, 3.63) is 23.3 Å². The number of nitrogens with zero attached hydrogens (tertiary/aromatic N) is 1. The first-order valence-electron chi connectivity index (χ1n) is 9.15. The second-order valence-corrected chi connectivity index (χ2v) is 7.56. The molecule has 3 rings (SSSR count). The van der Waals surface area contributed by atoms with Crippen molar-refractivity contribution in [1.29, 1.82) is 0 Å². The molecule has 5 heteroatoms. The van der Waals surface area contributed by atoms with Gasteiger partial charge in [0.15, 0.2) is 11.5 Å². The van der Waals surface area contributed by atoms with Crippen LogP contribution in [-0.2, 0) is 16.0 Å². The lowest BCUT2D eigenvalue weighted by molar-refractivity contribution is -0.142. The van der Waals surface area contributed by atoms with Crippen LogP contribution in [0.5, 0.6) is 11.5 Å². The van der Waals surface area contributed by atoms with Crippen molar-refractivity contribution >= 4 is 6.47 Å². The molecule has 0 bridgehead atoms. The summed E-state index contributed by atoms with van der Waals surface area (Å²) in [5, 5.41) is 0. The summed E-state index contributed by atoms with van der Waals surface area (Å²) in [5.74, 6) is 2.55. The van der Waals surface area contributed by atoms with Crippen LogP contribution in [0.1, 0.15) is 43.9 Å². The Balaban J connectivity index is 1.90. The Bertz CT molecular complexity index is 616. The standard InChI is InChI=1S/C20H29NO4/c1-13(2)7-15-11-21-6-5-14-8-19(23-3)20(24-4)9-16(14)17(21)10-18(15)25-12-22/h8-9,12-13,15,17-18H,5-7,10-11H2,1-4H3. The summed E-state index contributed by atoms with van der Waals surface area (Å²) in [6.07, 6.45) is 2.93. The van der Waals surface area contributed by atoms with Gasteiger partial charge in [0.25, 0.3) is 6.47 Å². The highest BCUT2D eigenvalue weighted by atomic mass is 16.5. The van der Waals surface area contributed by atoms with E-state index in [-0.39, 0.29) is 12.1 Å². The summed E-state index contributed by atoms with van der Waals surface area (Å²) in [4.78, 5) is 13.6. The number of piperidine rings is 1. The number of rotatable bonds is 6. The Hall–Kier alpha value is -1.75. The van der Waals surface area contributed by atoms with Crippen LogP contribution in [-0.4, -0.2) is 44.8 Å². The predicted molar refractivity (Wildman–Crippen MR) is 96.1 cm³/mol. The molecular formula is C20H29NO4. The number of ether oxygens (including phenoxy) is 3. The second-order valence-electron chi connectivity index (χ2n) is 7.56. The highest BCUT2D eigenvalue weighted by molar-refractivity contribution is 5.49. The molecule has 0 aliphatic carbocycles. The lowest BCUT2D eigenvalue weighted by atomic mass is 9.79. The first-order valence-corrected chi connectivity index (χ1v) is 9.15. The summed E-state index contributed by atoms with van der Waals surface area (Å²) in [6, 6.07) is 4.48. The van der Waals surface area contributed by atoms with Gasteiger partial charge in [0.2, 0.25) is 0 Å². The fraction of sp³-hybridized carbons (Fsp3) is 0.650. The molecule has 1 aromatic rings. The third kappa shape index (κ3) is 3.61. The fourth-order valence-corrected chi connectivity index (χ4v) is 4.48. The maximum Gasteiger partial charge on any atom is 0.293 e. The number of carbonyl (C=O) groups excluding carboxylic acids is 1. The number of fused-ring (bicyclic) bond motifs is 3. The van der Waals surface area contributed by atoms with Gasteiger partial charge in [-0.3, -0.25) is 9.69 Å². The van der Waals surface area contributed by atoms with Gasteiger partial charge in [0.1, 0.15) is 6.10 Å². The maximum atomic E-state index is 11.0. The summed E-state index contributed by atoms with van der Waals surface area (Å²) >= 11 is 0. The van der Waals surface area contributed by atoms with Gasteiger partial charge in [-0.2, -0.15) is 0 Å². The average molecular weight is 347 g/mol. The Kier molecular flexibility index (Phi) is 5.52. The van der Waals surface area contributed by atoms with E-state index in [1.807, 2.05) is 0 Å². The van der Waals surface area contributed by atoms with Gasteiger partial charge in [-0.25, -0.2) is 0 Å². The lowest BCUT2D eigenvalue weighted by Crippen LogP contribution is -2.49. The van der Waals surface area contributed by atoms with Crippen LogP contribution < -0.4 is 9.47 Å². The zero-order valence-electron chi connectivity index (χ0n) is 15.7. The van der Waals surface area contributed by atoms with E-state index >= 15 is 0 Å². The molecule has 25 heavy (non-hydrogen) atoms. The molecule has 138 valence electrons. The molecule has 1 fully saturated rings. The Morgan fingerprint density at radius 3 is 2.60 bits per heavy atom. The van der Waals surface area contributed by atoms with Crippen LogP contribution in [0.2, 0.25) is 0 Å². The summed E-state index contributed by atoms with van der Waals surface area (Å²) in [5.41, 5.74) is 2.59. The van der Waals surface area contributed by atoms with E-state index in [1.54, 1.807) is 14.2 Å². The molecule has 2 aliphatic heterocycles. The first kappa shape index (κ1) is 18.1. The molecule has 0 aromatic heterocycles. The third-order valence-corrected chi connectivity index (χ3v) is 5.57. The monoisotopic (exact) mass is 347 g/mol. The van der Waals surface area contributed by atoms with Crippen molar-refractivity contribution in [1.82, 2.24) is 4.90 Å². The molecule has 0 spiro atoms. The smallest absolute Gasteiger partial charge is 0.293 e. The van der Waals surface area contributed by atoms with Crippen LogP contribution in [0.3, 0.4) is 0 Å². The number of methoxy groups -OCH3 is 2. The Morgan fingerprint density at radius 1 is 1.24 bits per heavy atom. The van der Waals surface area contributed by atoms with Crippen molar-refractivity contribution < 1.29 is 19.0 Å². The van der Waals surface area contributed by atoms with Crippen molar-refractivity contribution in [2.45, 2.75) is 45.3 Å². The minimum atomic E-state index is -0.0137. The highest BCUT2D eigenvalue weighted by Gasteiger charge is 2.40. The Labute approximate surface area is 150 Å². The SMILES string of the molecule is COc1cc2c(cc1OC)C1CC(OC=O)C(CC(C)C)CN1CC2. The quantitative estimate of drug-likeness (QED) is 0.740. The second kappa shape index (κ2) is 7.65. The summed E-state index contributed by atoms with van der Waals surface area (Å²) in [7, 11) is 3.34. The molecule has 2 heterocycles. The van der Waals surface area contributed by atoms with Gasteiger partial charge in [0, 0.05) is 31.5 Å². The van der Waals surface area contributed by atoms with Gasteiger partial charge in [-0.15, -0.1) is 0 Å². The minimum Gasteiger partial charge on any atom is -0.493 e. The van der Waals surface area contributed by atoms with E-state index in [4.69, 9.17) is 14.2 Å². The Morgan fingerprint density at radius 2 is 1.96 bits per heavy atom. The fourth-order valence-electron chi connectivity index (χ4n) is 4.48. The topological polar surface area (TPSA) is 48.0 Å². The van der Waals surface area contributed by atoms with E-state index in [0.717, 1.165) is 43.9 Å². The van der Waals surface area contributed by atoms with Gasteiger partial charge < -0.3 is 14.2 Å². The molecule has 0 N–H and O–H groups in total. The van der Waals surface area contributed by atoms with Gasteiger partial charge >= 0.3 is 0 Å². The van der Waals surface area contributed by atoms with Crippen molar-refractivity contribution in [3.63, 3.8) is 0 Å². The van der Waals surface area contributed by atoms with Crippen LogP contribution in [0.25, 0.3) is 0 Å². The molecule has 0 amide bonds. The van der Waals surface area contributed by atoms with Gasteiger partial charge in [0.05, 0.1) is 14.2 Å². The van der Waals surface area contributed by atoms with Crippen molar-refractivity contribution in [3.8, 4) is 11.5 Å². The number of hydrogen-bond acceptors (Lipinski definition) is 5. The van der Waals surface area contributed by atoms with Crippen LogP contribution in [0.4, 0.5) is 0 Å². The zero-order chi connectivity index (χ0) is 18.0. The maximum absolute atomic E-state index is 11.0. The minimum absolute atomic E-state index is 0.0137. The number of carbonyl (C=O) groups is 1. The molecule has 1 saturated heterocycles. The number of benzene rings is 1. The van der Waals surface area contributed by atoms with Crippen molar-refractivity contribution in [2.24, 2.45) is 11.8 Å². The molecule has 3 atom stereocenters. The molecule has 0 radical (unpaired) electrons. The molecule has 2 aliphatic rings. The lowest BCUT2D eigenvalue weighted by Gasteiger charge is -2.47. The van der Waals surface area contributed by atoms with Crippen LogP contribution in [0, 0.1) is 11.8 Å². The van der Waals surface area contributed by atoms with E-state index < -0.39 is 0 Å². The third-order valence-electron chi connectivity index (χ3n) is 5.57. The molecule has 3 unspecified atom stereocenters. The summed E-state index contributed by atoms with van der Waals surface area (Å²) in [6.45, 7) is 7.09. The normalized spacial score (nSPS) is 25.9. The van der Waals surface area contributed by atoms with E-state index in [1.165, 1.54) is 11.1 Å². The van der Waals surface area contributed by atoms with Crippen LogP contribution in [0.15, 0.2) is 12.1 Å². The first-order chi connectivity index (χ1) is 12.1. The molecule has 0 saturated carbocycles. The highest BCUT2D eigenvalue weighted by Crippen LogP contribution is 2.44. The predicted octanol–water partition coefficient (Wildman–Crippen LogP) is 3.21. The summed E-state index contributed by atoms with van der Waals surface area (Å²) < 4.78 is 16.4. The van der Waals surface area contributed by atoms with Crippen LogP contribution >= 0.6 is 0 Å². The molecular weight excluding hydrogens is 318 g/mol. The molecule has 1 aromatic carbocycles. The van der Waals surface area contributed by atoms with Crippen molar-refractivity contribution in [2.75, 3.05) is 27.3 Å². The van der Waals surface area contributed by atoms with Gasteiger partial charge in [-0.05, 0) is 42.0 Å². The number of hydrogen-bond donors (Lipinski definition) is 0. The van der Waals surface area contributed by atoms with E-state index in [2.05, 4.69) is 30.9 Å². The largest absolute Gasteiger partial charge is 0.493 e.